The van der Waals surface area contributed by atoms with Crippen molar-refractivity contribution in [3.8, 4) is 0 Å². The van der Waals surface area contributed by atoms with Crippen molar-refractivity contribution in [3.63, 3.8) is 0 Å². The summed E-state index contributed by atoms with van der Waals surface area (Å²) in [4.78, 5) is 12.7. The molecule has 116 valence electrons. The molecule has 2 aliphatic carbocycles. The van der Waals surface area contributed by atoms with Crippen molar-refractivity contribution in [2.75, 3.05) is 6.54 Å². The molecule has 2 saturated carbocycles. The van der Waals surface area contributed by atoms with Crippen LogP contribution in [-0.4, -0.2) is 18.5 Å². The van der Waals surface area contributed by atoms with Gasteiger partial charge in [0.2, 0.25) is 5.91 Å². The van der Waals surface area contributed by atoms with E-state index in [1.165, 1.54) is 19.3 Å². The number of hydrogen-bond acceptors (Lipinski definition) is 2. The molecule has 0 bridgehead atoms. The Morgan fingerprint density at radius 3 is 2.35 bits per heavy atom. The zero-order valence-corrected chi connectivity index (χ0v) is 13.3. The van der Waals surface area contributed by atoms with Crippen molar-refractivity contribution in [1.82, 2.24) is 5.32 Å². The Hall–Kier alpha value is -0.570. The number of carbonyl (C=O) groups is 1. The van der Waals surface area contributed by atoms with E-state index in [4.69, 9.17) is 5.73 Å². The molecule has 20 heavy (non-hydrogen) atoms. The van der Waals surface area contributed by atoms with Crippen LogP contribution in [0.25, 0.3) is 0 Å². The van der Waals surface area contributed by atoms with E-state index in [1.54, 1.807) is 0 Å². The molecule has 2 rings (SSSR count). The van der Waals surface area contributed by atoms with Gasteiger partial charge in [0.1, 0.15) is 0 Å². The topological polar surface area (TPSA) is 55.1 Å². The van der Waals surface area contributed by atoms with E-state index < -0.39 is 0 Å². The van der Waals surface area contributed by atoms with Gasteiger partial charge in [0, 0.05) is 12.6 Å². The van der Waals surface area contributed by atoms with E-state index >= 15 is 0 Å². The molecule has 0 aromatic rings. The maximum atomic E-state index is 12.7. The summed E-state index contributed by atoms with van der Waals surface area (Å²) in [6, 6.07) is 0.384. The van der Waals surface area contributed by atoms with Gasteiger partial charge in [-0.1, -0.05) is 26.7 Å². The Balaban J connectivity index is 1.92. The van der Waals surface area contributed by atoms with Crippen molar-refractivity contribution < 1.29 is 4.79 Å². The fourth-order valence-electron chi connectivity index (χ4n) is 3.81. The molecule has 3 nitrogen and oxygen atoms in total. The quantitative estimate of drug-likeness (QED) is 0.780. The molecule has 2 aliphatic rings. The Morgan fingerprint density at radius 1 is 1.05 bits per heavy atom. The molecule has 2 atom stereocenters. The molecule has 0 heterocycles. The standard InChI is InChI=1S/C17H32N2O/c1-13-4-3-5-15(7-6-13)19-16(20)17(12-18)10-8-14(2)9-11-17/h13-15H,3-12,18H2,1-2H3,(H,19,20). The molecule has 0 spiro atoms. The van der Waals surface area contributed by atoms with Crippen LogP contribution in [0.1, 0.15) is 71.6 Å². The number of carbonyl (C=O) groups excluding carboxylic acids is 1. The zero-order chi connectivity index (χ0) is 14.6. The van der Waals surface area contributed by atoms with Gasteiger partial charge in [-0.2, -0.15) is 0 Å². The molecule has 1 amide bonds. The van der Waals surface area contributed by atoms with Gasteiger partial charge in [-0.15, -0.1) is 0 Å². The van der Waals surface area contributed by atoms with Crippen molar-refractivity contribution in [2.24, 2.45) is 23.0 Å². The highest BCUT2D eigenvalue weighted by molar-refractivity contribution is 5.83. The Labute approximate surface area is 124 Å². The van der Waals surface area contributed by atoms with Crippen molar-refractivity contribution >= 4 is 5.91 Å². The van der Waals surface area contributed by atoms with E-state index in [0.717, 1.165) is 50.4 Å². The first-order valence-electron chi connectivity index (χ1n) is 8.57. The van der Waals surface area contributed by atoms with Gasteiger partial charge in [-0.3, -0.25) is 4.79 Å². The molecule has 3 heteroatoms. The van der Waals surface area contributed by atoms with Gasteiger partial charge >= 0.3 is 0 Å². The summed E-state index contributed by atoms with van der Waals surface area (Å²) in [5.41, 5.74) is 5.71. The first kappa shape index (κ1) is 15.8. The van der Waals surface area contributed by atoms with Crippen LogP contribution in [0.2, 0.25) is 0 Å². The van der Waals surface area contributed by atoms with Crippen molar-refractivity contribution in [2.45, 2.75) is 77.7 Å². The van der Waals surface area contributed by atoms with E-state index in [2.05, 4.69) is 19.2 Å². The predicted octanol–water partition coefficient (Wildman–Crippen LogP) is 3.23. The Morgan fingerprint density at radius 2 is 1.70 bits per heavy atom. The molecule has 0 radical (unpaired) electrons. The van der Waals surface area contributed by atoms with Gasteiger partial charge in [-0.25, -0.2) is 0 Å². The predicted molar refractivity (Wildman–Crippen MR) is 83.3 cm³/mol. The summed E-state index contributed by atoms with van der Waals surface area (Å²) in [5.74, 6) is 1.81. The Bertz CT molecular complexity index is 321. The summed E-state index contributed by atoms with van der Waals surface area (Å²) in [5, 5.41) is 3.34. The molecule has 0 saturated heterocycles. The molecule has 3 N–H and O–H groups in total. The third kappa shape index (κ3) is 3.75. The maximum absolute atomic E-state index is 12.7. The lowest BCUT2D eigenvalue weighted by molar-refractivity contribution is -0.133. The lowest BCUT2D eigenvalue weighted by Crippen LogP contribution is -2.50. The van der Waals surface area contributed by atoms with Gasteiger partial charge in [0.05, 0.1) is 5.41 Å². The van der Waals surface area contributed by atoms with Gasteiger partial charge in [0.25, 0.3) is 0 Å². The highest BCUT2D eigenvalue weighted by Crippen LogP contribution is 2.38. The van der Waals surface area contributed by atoms with Crippen molar-refractivity contribution in [1.29, 1.82) is 0 Å². The molecule has 0 aromatic heterocycles. The fourth-order valence-corrected chi connectivity index (χ4v) is 3.81. The summed E-state index contributed by atoms with van der Waals surface area (Å²) in [6.07, 6.45) is 10.3. The second-order valence-electron chi connectivity index (χ2n) is 7.45. The number of nitrogens with two attached hydrogens (primary N) is 1. The van der Waals surface area contributed by atoms with Crippen LogP contribution in [0.3, 0.4) is 0 Å². The second kappa shape index (κ2) is 6.93. The van der Waals surface area contributed by atoms with E-state index in [-0.39, 0.29) is 11.3 Å². The maximum Gasteiger partial charge on any atom is 0.227 e. The minimum atomic E-state index is -0.273. The first-order valence-corrected chi connectivity index (χ1v) is 8.57. The van der Waals surface area contributed by atoms with Gasteiger partial charge in [-0.05, 0) is 56.8 Å². The van der Waals surface area contributed by atoms with E-state index in [1.807, 2.05) is 0 Å². The SMILES string of the molecule is CC1CCCC(NC(=O)C2(CN)CCC(C)CC2)CC1. The molecule has 2 unspecified atom stereocenters. The molecule has 0 aromatic carbocycles. The molecule has 0 aliphatic heterocycles. The van der Waals surface area contributed by atoms with Crippen molar-refractivity contribution in [3.05, 3.63) is 0 Å². The van der Waals surface area contributed by atoms with E-state index in [9.17, 15) is 4.79 Å². The van der Waals surface area contributed by atoms with Crippen LogP contribution in [0.5, 0.6) is 0 Å². The van der Waals surface area contributed by atoms with E-state index in [0.29, 0.717) is 12.6 Å². The van der Waals surface area contributed by atoms with Crippen LogP contribution >= 0.6 is 0 Å². The van der Waals surface area contributed by atoms with Gasteiger partial charge < -0.3 is 11.1 Å². The van der Waals surface area contributed by atoms with Crippen LogP contribution in [-0.2, 0) is 4.79 Å². The average molecular weight is 280 g/mol. The third-order valence-corrected chi connectivity index (χ3v) is 5.70. The third-order valence-electron chi connectivity index (χ3n) is 5.70. The summed E-state index contributed by atoms with van der Waals surface area (Å²) in [6.45, 7) is 5.12. The highest BCUT2D eigenvalue weighted by Gasteiger charge is 2.40. The molecular weight excluding hydrogens is 248 g/mol. The van der Waals surface area contributed by atoms with Crippen LogP contribution in [0, 0.1) is 17.3 Å². The Kier molecular flexibility index (Phi) is 5.48. The largest absolute Gasteiger partial charge is 0.353 e. The first-order chi connectivity index (χ1) is 9.55. The summed E-state index contributed by atoms with van der Waals surface area (Å²) in [7, 11) is 0. The monoisotopic (exact) mass is 280 g/mol. The minimum Gasteiger partial charge on any atom is -0.353 e. The normalized spacial score (nSPS) is 39.0. The highest BCUT2D eigenvalue weighted by atomic mass is 16.2. The molecular formula is C17H32N2O. The smallest absolute Gasteiger partial charge is 0.227 e. The lowest BCUT2D eigenvalue weighted by atomic mass is 9.70. The fraction of sp³-hybridized carbons (Fsp3) is 0.941. The number of amides is 1. The van der Waals surface area contributed by atoms with Crippen LogP contribution in [0.15, 0.2) is 0 Å². The number of rotatable bonds is 3. The van der Waals surface area contributed by atoms with Crippen LogP contribution < -0.4 is 11.1 Å². The number of hydrogen-bond donors (Lipinski definition) is 2. The molecule has 2 fully saturated rings. The lowest BCUT2D eigenvalue weighted by Gasteiger charge is -2.38. The second-order valence-corrected chi connectivity index (χ2v) is 7.45. The number of nitrogens with one attached hydrogen (secondary N) is 1. The summed E-state index contributed by atoms with van der Waals surface area (Å²) >= 11 is 0. The van der Waals surface area contributed by atoms with Gasteiger partial charge in [0.15, 0.2) is 0 Å². The van der Waals surface area contributed by atoms with Crippen LogP contribution in [0.4, 0.5) is 0 Å². The zero-order valence-electron chi connectivity index (χ0n) is 13.3. The average Bonchev–Trinajstić information content (AvgIpc) is 2.65. The minimum absolute atomic E-state index is 0.242. The summed E-state index contributed by atoms with van der Waals surface area (Å²) < 4.78 is 0.